The van der Waals surface area contributed by atoms with Gasteiger partial charge in [0.15, 0.2) is 0 Å². The second kappa shape index (κ2) is 6.60. The van der Waals surface area contributed by atoms with Crippen molar-refractivity contribution in [3.8, 4) is 11.4 Å². The third-order valence-corrected chi connectivity index (χ3v) is 5.17. The number of aromatic nitrogens is 4. The van der Waals surface area contributed by atoms with Crippen molar-refractivity contribution in [2.45, 2.75) is 24.9 Å². The highest BCUT2D eigenvalue weighted by Crippen LogP contribution is 2.28. The number of nitrogens with zero attached hydrogens (tertiary/aromatic N) is 4. The molecule has 1 aromatic heterocycles. The summed E-state index contributed by atoms with van der Waals surface area (Å²) < 4.78 is 0. The number of carbonyl (C=O) groups is 2. The Hall–Kier alpha value is -2.42. The molecule has 2 aromatic rings. The van der Waals surface area contributed by atoms with Gasteiger partial charge in [-0.25, -0.2) is 4.79 Å². The van der Waals surface area contributed by atoms with Gasteiger partial charge in [-0.15, -0.1) is 10.2 Å². The van der Waals surface area contributed by atoms with Crippen LogP contribution in [0.2, 0.25) is 0 Å². The summed E-state index contributed by atoms with van der Waals surface area (Å²) in [6, 6.07) is 8.55. The predicted molar refractivity (Wildman–Crippen MR) is 88.4 cm³/mol. The number of benzene rings is 1. The van der Waals surface area contributed by atoms with E-state index in [-0.39, 0.29) is 0 Å². The highest BCUT2D eigenvalue weighted by Gasteiger charge is 2.44. The maximum atomic E-state index is 12.4. The van der Waals surface area contributed by atoms with Crippen LogP contribution in [0.1, 0.15) is 19.4 Å². The molecule has 3 rings (SSSR count). The topological polar surface area (TPSA) is 110 Å². The van der Waals surface area contributed by atoms with Crippen LogP contribution >= 0.6 is 11.8 Å². The number of rotatable bonds is 5. The first-order valence-electron chi connectivity index (χ1n) is 7.50. The largest absolute Gasteiger partial charge is 0.479 e. The molecule has 2 N–H and O–H groups in total. The number of aliphatic carboxylic acids is 1. The van der Waals surface area contributed by atoms with Gasteiger partial charge in [-0.2, -0.15) is 16.6 Å². The van der Waals surface area contributed by atoms with E-state index in [1.54, 1.807) is 6.92 Å². The van der Waals surface area contributed by atoms with Crippen molar-refractivity contribution in [3.63, 3.8) is 0 Å². The Morgan fingerprint density at radius 2 is 2.12 bits per heavy atom. The Morgan fingerprint density at radius 3 is 2.75 bits per heavy atom. The highest BCUT2D eigenvalue weighted by atomic mass is 32.2. The summed E-state index contributed by atoms with van der Waals surface area (Å²) >= 11 is 1.51. The van der Waals surface area contributed by atoms with Crippen LogP contribution in [0.15, 0.2) is 30.3 Å². The Bertz CT molecular complexity index is 743. The van der Waals surface area contributed by atoms with Gasteiger partial charge in [0.25, 0.3) is 0 Å². The second-order valence-electron chi connectivity index (χ2n) is 5.65. The zero-order chi connectivity index (χ0) is 17.2. The van der Waals surface area contributed by atoms with Crippen LogP contribution in [-0.4, -0.2) is 54.2 Å². The van der Waals surface area contributed by atoms with Crippen molar-refractivity contribution in [2.24, 2.45) is 0 Å². The fourth-order valence-corrected chi connectivity index (χ4v) is 3.75. The first-order valence-corrected chi connectivity index (χ1v) is 8.65. The van der Waals surface area contributed by atoms with Crippen molar-refractivity contribution in [1.29, 1.82) is 0 Å². The van der Waals surface area contributed by atoms with Gasteiger partial charge in [0.2, 0.25) is 11.7 Å². The van der Waals surface area contributed by atoms with Gasteiger partial charge in [-0.05, 0) is 24.3 Å². The van der Waals surface area contributed by atoms with E-state index in [0.717, 1.165) is 5.56 Å². The number of carboxylic acid groups (broad SMARTS) is 1. The van der Waals surface area contributed by atoms with Crippen molar-refractivity contribution in [3.05, 3.63) is 30.3 Å². The van der Waals surface area contributed by atoms with Gasteiger partial charge in [-0.3, -0.25) is 4.79 Å². The summed E-state index contributed by atoms with van der Waals surface area (Å²) in [6.07, 6.45) is 0.408. The Kier molecular flexibility index (Phi) is 4.52. The van der Waals surface area contributed by atoms with Crippen LogP contribution in [0.25, 0.3) is 11.4 Å². The second-order valence-corrected chi connectivity index (χ2v) is 6.76. The average Bonchev–Trinajstić information content (AvgIpc) is 3.25. The van der Waals surface area contributed by atoms with E-state index < -0.39 is 23.5 Å². The Labute approximate surface area is 142 Å². The molecule has 24 heavy (non-hydrogen) atoms. The van der Waals surface area contributed by atoms with Crippen LogP contribution in [0.4, 0.5) is 0 Å². The highest BCUT2D eigenvalue weighted by molar-refractivity contribution is 7.99. The first kappa shape index (κ1) is 16.4. The van der Waals surface area contributed by atoms with Gasteiger partial charge in [0, 0.05) is 11.3 Å². The number of amides is 1. The Morgan fingerprint density at radius 1 is 1.38 bits per heavy atom. The van der Waals surface area contributed by atoms with Crippen LogP contribution in [0.3, 0.4) is 0 Å². The quantitative estimate of drug-likeness (QED) is 0.829. The fourth-order valence-electron chi connectivity index (χ4n) is 2.42. The standard InChI is InChI=1S/C15H17N5O3S/c1-10(13(21)16-15(14(22)23)7-8-24-9-15)20-18-12(17-19-20)11-5-3-2-4-6-11/h2-6,10H,7-9H2,1H3,(H,16,21)(H,22,23). The maximum absolute atomic E-state index is 12.4. The van der Waals surface area contributed by atoms with E-state index in [0.29, 0.717) is 23.8 Å². The van der Waals surface area contributed by atoms with Crippen LogP contribution < -0.4 is 5.32 Å². The third kappa shape index (κ3) is 3.12. The van der Waals surface area contributed by atoms with E-state index in [1.165, 1.54) is 16.6 Å². The molecule has 8 nitrogen and oxygen atoms in total. The summed E-state index contributed by atoms with van der Waals surface area (Å²) in [4.78, 5) is 25.2. The number of thioether (sulfide) groups is 1. The van der Waals surface area contributed by atoms with Crippen molar-refractivity contribution >= 4 is 23.6 Å². The van der Waals surface area contributed by atoms with E-state index in [4.69, 9.17) is 0 Å². The normalized spacial score (nSPS) is 21.4. The number of hydrogen-bond acceptors (Lipinski definition) is 6. The summed E-state index contributed by atoms with van der Waals surface area (Å²) in [5.41, 5.74) is -0.413. The molecule has 0 aliphatic carbocycles. The lowest BCUT2D eigenvalue weighted by molar-refractivity contribution is -0.147. The van der Waals surface area contributed by atoms with Gasteiger partial charge in [0.1, 0.15) is 11.6 Å². The lowest BCUT2D eigenvalue weighted by Gasteiger charge is -2.25. The number of tetrazole rings is 1. The molecule has 1 aliphatic rings. The van der Waals surface area contributed by atoms with Crippen LogP contribution in [0.5, 0.6) is 0 Å². The molecule has 1 fully saturated rings. The molecule has 1 saturated heterocycles. The smallest absolute Gasteiger partial charge is 0.330 e. The van der Waals surface area contributed by atoms with Crippen molar-refractivity contribution in [2.75, 3.05) is 11.5 Å². The lowest BCUT2D eigenvalue weighted by atomic mass is 9.99. The lowest BCUT2D eigenvalue weighted by Crippen LogP contribution is -2.56. The van der Waals surface area contributed by atoms with E-state index in [9.17, 15) is 14.7 Å². The zero-order valence-electron chi connectivity index (χ0n) is 13.0. The first-order chi connectivity index (χ1) is 11.5. The zero-order valence-corrected chi connectivity index (χ0v) is 13.9. The van der Waals surface area contributed by atoms with E-state index >= 15 is 0 Å². The minimum atomic E-state index is -1.21. The molecule has 0 bridgehead atoms. The molecule has 1 aliphatic heterocycles. The van der Waals surface area contributed by atoms with Crippen molar-refractivity contribution < 1.29 is 14.7 Å². The Balaban J connectivity index is 1.74. The monoisotopic (exact) mass is 347 g/mol. The minimum absolute atomic E-state index is 0.362. The SMILES string of the molecule is CC(C(=O)NC1(C(=O)O)CCSC1)n1nnc(-c2ccccc2)n1. The molecule has 1 amide bonds. The molecule has 0 saturated carbocycles. The maximum Gasteiger partial charge on any atom is 0.330 e. The van der Waals surface area contributed by atoms with Crippen LogP contribution in [-0.2, 0) is 9.59 Å². The molecule has 9 heteroatoms. The molecule has 1 aromatic carbocycles. The minimum Gasteiger partial charge on any atom is -0.479 e. The summed E-state index contributed by atoms with van der Waals surface area (Å²) in [5.74, 6) is 0.0442. The third-order valence-electron chi connectivity index (χ3n) is 3.98. The molecular formula is C15H17N5O3S. The molecular weight excluding hydrogens is 330 g/mol. The molecule has 2 unspecified atom stereocenters. The summed E-state index contributed by atoms with van der Waals surface area (Å²) in [7, 11) is 0. The molecule has 0 spiro atoms. The van der Waals surface area contributed by atoms with E-state index in [2.05, 4.69) is 20.7 Å². The summed E-state index contributed by atoms with van der Waals surface area (Å²) in [6.45, 7) is 1.61. The predicted octanol–water partition coefficient (Wildman–Crippen LogP) is 0.978. The molecule has 2 atom stereocenters. The van der Waals surface area contributed by atoms with Crippen LogP contribution in [0, 0.1) is 0 Å². The van der Waals surface area contributed by atoms with Gasteiger partial charge < -0.3 is 10.4 Å². The molecule has 2 heterocycles. The number of carbonyl (C=O) groups excluding carboxylic acids is 1. The van der Waals surface area contributed by atoms with Gasteiger partial charge >= 0.3 is 5.97 Å². The summed E-state index contributed by atoms with van der Waals surface area (Å²) in [5, 5.41) is 24.2. The number of carboxylic acids is 1. The van der Waals surface area contributed by atoms with Gasteiger partial charge in [0.05, 0.1) is 0 Å². The molecule has 126 valence electrons. The molecule has 0 radical (unpaired) electrons. The number of hydrogen-bond donors (Lipinski definition) is 2. The fraction of sp³-hybridized carbons (Fsp3) is 0.400. The van der Waals surface area contributed by atoms with E-state index in [1.807, 2.05) is 30.3 Å². The van der Waals surface area contributed by atoms with Gasteiger partial charge in [-0.1, -0.05) is 30.3 Å². The average molecular weight is 347 g/mol. The van der Waals surface area contributed by atoms with Crippen molar-refractivity contribution in [1.82, 2.24) is 25.5 Å². The number of nitrogens with one attached hydrogen (secondary N) is 1.